The lowest BCUT2D eigenvalue weighted by Crippen LogP contribution is -2.35. The Labute approximate surface area is 160 Å². The zero-order valence-corrected chi connectivity index (χ0v) is 16.6. The molecule has 0 spiro atoms. The SMILES string of the molecule is COC(=O)N1C[C@@H](c2ccc(OC)c(OC3CCCC3)c2)C(C)(C(C)=O)C1. The topological polar surface area (TPSA) is 65.1 Å². The molecule has 0 N–H and O–H groups in total. The van der Waals surface area contributed by atoms with Crippen LogP contribution < -0.4 is 9.47 Å². The number of ether oxygens (including phenoxy) is 3. The zero-order valence-electron chi connectivity index (χ0n) is 16.6. The third-order valence-corrected chi connectivity index (χ3v) is 6.11. The molecule has 1 saturated carbocycles. The molecule has 1 amide bonds. The number of benzene rings is 1. The maximum Gasteiger partial charge on any atom is 0.409 e. The van der Waals surface area contributed by atoms with Gasteiger partial charge < -0.3 is 19.1 Å². The van der Waals surface area contributed by atoms with E-state index in [0.29, 0.717) is 24.6 Å². The van der Waals surface area contributed by atoms with Gasteiger partial charge in [-0.15, -0.1) is 0 Å². The zero-order chi connectivity index (χ0) is 19.6. The minimum Gasteiger partial charge on any atom is -0.493 e. The van der Waals surface area contributed by atoms with Crippen molar-refractivity contribution >= 4 is 11.9 Å². The fraction of sp³-hybridized carbons (Fsp3) is 0.619. The molecular weight excluding hydrogens is 346 g/mol. The molecule has 1 aliphatic heterocycles. The van der Waals surface area contributed by atoms with Gasteiger partial charge >= 0.3 is 6.09 Å². The van der Waals surface area contributed by atoms with E-state index in [1.54, 1.807) is 18.9 Å². The predicted molar refractivity (Wildman–Crippen MR) is 101 cm³/mol. The van der Waals surface area contributed by atoms with E-state index in [4.69, 9.17) is 14.2 Å². The molecule has 1 aliphatic carbocycles. The molecule has 3 rings (SSSR count). The summed E-state index contributed by atoms with van der Waals surface area (Å²) in [5.74, 6) is 1.35. The first-order chi connectivity index (χ1) is 12.9. The number of amides is 1. The molecular formula is C21H29NO5. The molecule has 27 heavy (non-hydrogen) atoms. The van der Waals surface area contributed by atoms with Crippen LogP contribution in [0.4, 0.5) is 4.79 Å². The fourth-order valence-electron chi connectivity index (χ4n) is 4.28. The Morgan fingerprint density at radius 2 is 1.85 bits per heavy atom. The average Bonchev–Trinajstić information content (AvgIpc) is 3.29. The Kier molecular flexibility index (Phi) is 5.63. The van der Waals surface area contributed by atoms with Gasteiger partial charge in [0.05, 0.1) is 25.7 Å². The van der Waals surface area contributed by atoms with Crippen LogP contribution in [0.1, 0.15) is 51.0 Å². The minimum absolute atomic E-state index is 0.0629. The molecule has 1 saturated heterocycles. The molecule has 1 unspecified atom stereocenters. The first kappa shape index (κ1) is 19.5. The number of Topliss-reactive ketones (excluding diaryl/α,β-unsaturated/α-hetero) is 1. The van der Waals surface area contributed by atoms with Gasteiger partial charge in [-0.3, -0.25) is 4.79 Å². The Morgan fingerprint density at radius 1 is 1.15 bits per heavy atom. The van der Waals surface area contributed by atoms with Gasteiger partial charge in [0.25, 0.3) is 0 Å². The van der Waals surface area contributed by atoms with Gasteiger partial charge in [-0.05, 0) is 50.3 Å². The molecule has 2 fully saturated rings. The third kappa shape index (κ3) is 3.75. The van der Waals surface area contributed by atoms with Crippen LogP contribution in [0, 0.1) is 5.41 Å². The van der Waals surface area contributed by atoms with Crippen LogP contribution >= 0.6 is 0 Å². The van der Waals surface area contributed by atoms with E-state index in [1.807, 2.05) is 25.1 Å². The van der Waals surface area contributed by atoms with Crippen molar-refractivity contribution in [3.05, 3.63) is 23.8 Å². The number of nitrogens with zero attached hydrogens (tertiary/aromatic N) is 1. The van der Waals surface area contributed by atoms with Gasteiger partial charge in [-0.25, -0.2) is 4.79 Å². The summed E-state index contributed by atoms with van der Waals surface area (Å²) in [5.41, 5.74) is 0.320. The van der Waals surface area contributed by atoms with Crippen molar-refractivity contribution in [3.63, 3.8) is 0 Å². The van der Waals surface area contributed by atoms with Gasteiger partial charge in [0.2, 0.25) is 0 Å². The Morgan fingerprint density at radius 3 is 2.44 bits per heavy atom. The molecule has 0 bridgehead atoms. The molecule has 2 atom stereocenters. The van der Waals surface area contributed by atoms with E-state index < -0.39 is 11.5 Å². The standard InChI is InChI=1S/C21H29NO5/c1-14(23)21(2)13-22(20(24)26-4)12-17(21)15-9-10-18(25-3)19(11-15)27-16-7-5-6-8-16/h9-11,16-17H,5-8,12-13H2,1-4H3/t17-,21?/m0/s1. The van der Waals surface area contributed by atoms with Crippen LogP contribution in [0.15, 0.2) is 18.2 Å². The number of likely N-dealkylation sites (tertiary alicyclic amines) is 1. The van der Waals surface area contributed by atoms with Gasteiger partial charge in [-0.1, -0.05) is 13.0 Å². The summed E-state index contributed by atoms with van der Waals surface area (Å²) in [6, 6.07) is 5.83. The largest absolute Gasteiger partial charge is 0.493 e. The lowest BCUT2D eigenvalue weighted by atomic mass is 9.73. The van der Waals surface area contributed by atoms with E-state index in [9.17, 15) is 9.59 Å². The highest BCUT2D eigenvalue weighted by molar-refractivity contribution is 5.85. The molecule has 6 nitrogen and oxygen atoms in total. The van der Waals surface area contributed by atoms with Crippen molar-refractivity contribution < 1.29 is 23.8 Å². The second-order valence-corrected chi connectivity index (χ2v) is 7.81. The normalized spacial score (nSPS) is 25.5. The molecule has 0 radical (unpaired) electrons. The maximum atomic E-state index is 12.5. The minimum atomic E-state index is -0.659. The van der Waals surface area contributed by atoms with Crippen molar-refractivity contribution in [2.45, 2.75) is 51.6 Å². The number of carbonyl (C=O) groups is 2. The number of ketones is 1. The molecule has 0 aromatic heterocycles. The fourth-order valence-corrected chi connectivity index (χ4v) is 4.28. The molecule has 1 heterocycles. The molecule has 6 heteroatoms. The van der Waals surface area contributed by atoms with Crippen LogP contribution in [0.25, 0.3) is 0 Å². The summed E-state index contributed by atoms with van der Waals surface area (Å²) in [5, 5.41) is 0. The number of methoxy groups -OCH3 is 2. The number of rotatable bonds is 5. The summed E-state index contributed by atoms with van der Waals surface area (Å²) < 4.78 is 16.6. The van der Waals surface area contributed by atoms with Gasteiger partial charge in [0.1, 0.15) is 5.78 Å². The van der Waals surface area contributed by atoms with E-state index in [0.717, 1.165) is 18.4 Å². The van der Waals surface area contributed by atoms with E-state index in [-0.39, 0.29) is 17.8 Å². The Bertz CT molecular complexity index is 713. The monoisotopic (exact) mass is 375 g/mol. The second kappa shape index (κ2) is 7.79. The Balaban J connectivity index is 1.92. The highest BCUT2D eigenvalue weighted by Gasteiger charge is 2.49. The second-order valence-electron chi connectivity index (χ2n) is 7.81. The molecule has 2 aliphatic rings. The maximum absolute atomic E-state index is 12.5. The van der Waals surface area contributed by atoms with Gasteiger partial charge in [0, 0.05) is 19.0 Å². The van der Waals surface area contributed by atoms with E-state index in [2.05, 4.69) is 0 Å². The number of carbonyl (C=O) groups excluding carboxylic acids is 2. The molecule has 148 valence electrons. The van der Waals surface area contributed by atoms with Crippen LogP contribution in [0.2, 0.25) is 0 Å². The Hall–Kier alpha value is -2.24. The van der Waals surface area contributed by atoms with Crippen LogP contribution in [0.5, 0.6) is 11.5 Å². The van der Waals surface area contributed by atoms with E-state index >= 15 is 0 Å². The van der Waals surface area contributed by atoms with Crippen LogP contribution in [-0.4, -0.2) is 50.2 Å². The number of hydrogen-bond donors (Lipinski definition) is 0. The van der Waals surface area contributed by atoms with Crippen molar-refractivity contribution in [3.8, 4) is 11.5 Å². The third-order valence-electron chi connectivity index (χ3n) is 6.11. The first-order valence-corrected chi connectivity index (χ1v) is 9.57. The quantitative estimate of drug-likeness (QED) is 0.784. The van der Waals surface area contributed by atoms with Crippen molar-refractivity contribution in [1.82, 2.24) is 4.90 Å². The van der Waals surface area contributed by atoms with Crippen molar-refractivity contribution in [2.24, 2.45) is 5.41 Å². The summed E-state index contributed by atoms with van der Waals surface area (Å²) >= 11 is 0. The molecule has 1 aromatic carbocycles. The highest BCUT2D eigenvalue weighted by Crippen LogP contribution is 2.45. The average molecular weight is 375 g/mol. The number of hydrogen-bond acceptors (Lipinski definition) is 5. The highest BCUT2D eigenvalue weighted by atomic mass is 16.5. The van der Waals surface area contributed by atoms with Crippen molar-refractivity contribution in [2.75, 3.05) is 27.3 Å². The van der Waals surface area contributed by atoms with E-state index in [1.165, 1.54) is 20.0 Å². The van der Waals surface area contributed by atoms with Gasteiger partial charge in [-0.2, -0.15) is 0 Å². The lowest BCUT2D eigenvalue weighted by molar-refractivity contribution is -0.125. The predicted octanol–water partition coefficient (Wildman–Crippen LogP) is 3.78. The summed E-state index contributed by atoms with van der Waals surface area (Å²) in [6.45, 7) is 4.31. The molecule has 1 aromatic rings. The van der Waals surface area contributed by atoms with Gasteiger partial charge in [0.15, 0.2) is 11.5 Å². The first-order valence-electron chi connectivity index (χ1n) is 9.57. The summed E-state index contributed by atoms with van der Waals surface area (Å²) in [4.78, 5) is 26.1. The lowest BCUT2D eigenvalue weighted by Gasteiger charge is -2.28. The van der Waals surface area contributed by atoms with Crippen LogP contribution in [-0.2, 0) is 9.53 Å². The smallest absolute Gasteiger partial charge is 0.409 e. The summed E-state index contributed by atoms with van der Waals surface area (Å²) in [6.07, 6.45) is 4.29. The van der Waals surface area contributed by atoms with Crippen molar-refractivity contribution in [1.29, 1.82) is 0 Å². The van der Waals surface area contributed by atoms with Crippen LogP contribution in [0.3, 0.4) is 0 Å². The summed E-state index contributed by atoms with van der Waals surface area (Å²) in [7, 11) is 2.99.